The lowest BCUT2D eigenvalue weighted by atomic mass is 9.90. The van der Waals surface area contributed by atoms with Crippen molar-refractivity contribution in [1.82, 2.24) is 5.32 Å². The largest absolute Gasteiger partial charge is 0.497 e. The van der Waals surface area contributed by atoms with Crippen LogP contribution in [-0.2, 0) is 27.0 Å². The zero-order valence-electron chi connectivity index (χ0n) is 24.0. The molecule has 0 aliphatic rings. The Morgan fingerprint density at radius 3 is 2.28 bits per heavy atom. The molecule has 4 aromatic carbocycles. The Balaban J connectivity index is 1.56. The molecule has 0 spiro atoms. The van der Waals surface area contributed by atoms with E-state index in [1.165, 1.54) is 6.07 Å². The minimum Gasteiger partial charge on any atom is -0.497 e. The molecule has 0 aliphatic heterocycles. The van der Waals surface area contributed by atoms with Crippen LogP contribution in [0, 0.1) is 0 Å². The van der Waals surface area contributed by atoms with Gasteiger partial charge >= 0.3 is 0 Å². The minimum atomic E-state index is -3.64. The Hall–Kier alpha value is -4.09. The van der Waals surface area contributed by atoms with Gasteiger partial charge in [0.05, 0.1) is 25.2 Å². The highest BCUT2D eigenvalue weighted by Crippen LogP contribution is 2.31. The fourth-order valence-corrected chi connectivity index (χ4v) is 5.03. The van der Waals surface area contributed by atoms with Crippen molar-refractivity contribution in [2.75, 3.05) is 29.9 Å². The number of carbonyl (C=O) groups is 1. The SMILES string of the molecule is COc1ccc(C(C)(NC[C@@H](O)c2ccc(OCc3ccccc3)c(NS(C)(=O)=O)c2)C(=O)Nc2ccc(Cl)cc2)cc1. The second-order valence-corrected chi connectivity index (χ2v) is 12.3. The van der Waals surface area contributed by atoms with E-state index in [9.17, 15) is 18.3 Å². The summed E-state index contributed by atoms with van der Waals surface area (Å²) in [6.07, 6.45) is -0.0673. The van der Waals surface area contributed by atoms with Gasteiger partial charge in [-0.25, -0.2) is 8.42 Å². The zero-order chi connectivity index (χ0) is 31.0. The smallest absolute Gasteiger partial charge is 0.249 e. The van der Waals surface area contributed by atoms with Crippen molar-refractivity contribution in [3.8, 4) is 11.5 Å². The molecular formula is C32H34ClN3O6S. The Morgan fingerprint density at radius 2 is 1.65 bits per heavy atom. The number of methoxy groups -OCH3 is 1. The maximum atomic E-state index is 13.7. The minimum absolute atomic E-state index is 0.0426. The lowest BCUT2D eigenvalue weighted by Crippen LogP contribution is -2.50. The third kappa shape index (κ3) is 8.71. The third-order valence-electron chi connectivity index (χ3n) is 6.79. The highest BCUT2D eigenvalue weighted by atomic mass is 35.5. The Bertz CT molecular complexity index is 1630. The van der Waals surface area contributed by atoms with E-state index in [1.807, 2.05) is 30.3 Å². The number of carbonyl (C=O) groups excluding carboxylic acids is 1. The van der Waals surface area contributed by atoms with Gasteiger partial charge in [-0.15, -0.1) is 0 Å². The van der Waals surface area contributed by atoms with E-state index in [4.69, 9.17) is 21.1 Å². The molecule has 4 rings (SSSR count). The molecule has 11 heteroatoms. The Labute approximate surface area is 256 Å². The zero-order valence-corrected chi connectivity index (χ0v) is 25.6. The Morgan fingerprint density at radius 1 is 0.977 bits per heavy atom. The van der Waals surface area contributed by atoms with Gasteiger partial charge in [-0.3, -0.25) is 14.8 Å². The number of halogens is 1. The van der Waals surface area contributed by atoms with Gasteiger partial charge in [-0.2, -0.15) is 0 Å². The number of anilines is 2. The second-order valence-electron chi connectivity index (χ2n) is 10.1. The molecule has 9 nitrogen and oxygen atoms in total. The summed E-state index contributed by atoms with van der Waals surface area (Å²) >= 11 is 6.00. The number of aliphatic hydroxyl groups is 1. The van der Waals surface area contributed by atoms with E-state index in [-0.39, 0.29) is 24.7 Å². The fraction of sp³-hybridized carbons (Fsp3) is 0.219. The van der Waals surface area contributed by atoms with E-state index in [1.54, 1.807) is 74.7 Å². The van der Waals surface area contributed by atoms with Gasteiger partial charge in [0.15, 0.2) is 0 Å². The van der Waals surface area contributed by atoms with Crippen LogP contribution >= 0.6 is 11.6 Å². The van der Waals surface area contributed by atoms with Crippen LogP contribution in [0.3, 0.4) is 0 Å². The molecule has 43 heavy (non-hydrogen) atoms. The van der Waals surface area contributed by atoms with Gasteiger partial charge in [0.1, 0.15) is 23.6 Å². The van der Waals surface area contributed by atoms with E-state index >= 15 is 0 Å². The number of hydrogen-bond acceptors (Lipinski definition) is 7. The third-order valence-corrected chi connectivity index (χ3v) is 7.64. The van der Waals surface area contributed by atoms with Crippen LogP contribution in [0.5, 0.6) is 11.5 Å². The highest BCUT2D eigenvalue weighted by Gasteiger charge is 2.35. The summed E-state index contributed by atoms with van der Waals surface area (Å²) in [5.74, 6) is 0.574. The van der Waals surface area contributed by atoms with Crippen molar-refractivity contribution in [2.24, 2.45) is 0 Å². The second kappa shape index (κ2) is 13.9. The maximum absolute atomic E-state index is 13.7. The van der Waals surface area contributed by atoms with Crippen LogP contribution in [0.15, 0.2) is 97.1 Å². The number of amides is 1. The molecule has 4 N–H and O–H groups in total. The molecule has 0 radical (unpaired) electrons. The standard InChI is InChI=1S/C32H34ClN3O6S/c1-32(24-10-16-27(41-2)17-11-24,31(38)35-26-14-12-25(33)13-15-26)34-20-29(37)23-9-18-30(28(19-23)36-43(3,39)40)42-21-22-7-5-4-6-8-22/h4-19,29,34,36-37H,20-21H2,1-3H3,(H,35,38)/t29-,32?/m1/s1. The first-order valence-electron chi connectivity index (χ1n) is 13.4. The molecule has 226 valence electrons. The van der Waals surface area contributed by atoms with E-state index in [0.29, 0.717) is 33.3 Å². The lowest BCUT2D eigenvalue weighted by molar-refractivity contribution is -0.122. The number of benzene rings is 4. The van der Waals surface area contributed by atoms with Crippen LogP contribution < -0.4 is 24.8 Å². The number of rotatable bonds is 13. The number of sulfonamides is 1. The van der Waals surface area contributed by atoms with Gasteiger partial charge in [-0.1, -0.05) is 60.1 Å². The van der Waals surface area contributed by atoms with Gasteiger partial charge in [0.25, 0.3) is 0 Å². The number of hydrogen-bond donors (Lipinski definition) is 4. The van der Waals surface area contributed by atoms with Crippen LogP contribution in [0.1, 0.15) is 29.7 Å². The molecule has 0 saturated heterocycles. The monoisotopic (exact) mass is 623 g/mol. The van der Waals surface area contributed by atoms with Gasteiger partial charge in [-0.05, 0) is 72.1 Å². The molecule has 0 aromatic heterocycles. The molecule has 1 amide bonds. The first-order valence-corrected chi connectivity index (χ1v) is 15.7. The van der Waals surface area contributed by atoms with Crippen molar-refractivity contribution in [3.63, 3.8) is 0 Å². The summed E-state index contributed by atoms with van der Waals surface area (Å²) in [6.45, 7) is 1.90. The summed E-state index contributed by atoms with van der Waals surface area (Å²) in [6, 6.07) is 28.0. The van der Waals surface area contributed by atoms with Crippen molar-refractivity contribution >= 4 is 38.9 Å². The van der Waals surface area contributed by atoms with Crippen LogP contribution in [0.2, 0.25) is 5.02 Å². The van der Waals surface area contributed by atoms with Gasteiger partial charge in [0, 0.05) is 17.3 Å². The average molecular weight is 624 g/mol. The van der Waals surface area contributed by atoms with E-state index < -0.39 is 21.7 Å². The quantitative estimate of drug-likeness (QED) is 0.155. The summed E-state index contributed by atoms with van der Waals surface area (Å²) in [7, 11) is -2.09. The van der Waals surface area contributed by atoms with Gasteiger partial charge in [0.2, 0.25) is 15.9 Å². The molecule has 1 unspecified atom stereocenters. The maximum Gasteiger partial charge on any atom is 0.249 e. The average Bonchev–Trinajstić information content (AvgIpc) is 3.00. The topological polar surface area (TPSA) is 126 Å². The predicted octanol–water partition coefficient (Wildman–Crippen LogP) is 5.48. The molecule has 0 saturated carbocycles. The summed E-state index contributed by atoms with van der Waals surface area (Å²) in [4.78, 5) is 13.7. The predicted molar refractivity (Wildman–Crippen MR) is 169 cm³/mol. The van der Waals surface area contributed by atoms with E-state index in [2.05, 4.69) is 15.4 Å². The van der Waals surface area contributed by atoms with Crippen LogP contribution in [0.4, 0.5) is 11.4 Å². The first kappa shape index (κ1) is 31.8. The first-order chi connectivity index (χ1) is 20.5. The van der Waals surface area contributed by atoms with E-state index in [0.717, 1.165) is 11.8 Å². The molecule has 0 bridgehead atoms. The highest BCUT2D eigenvalue weighted by molar-refractivity contribution is 7.92. The van der Waals surface area contributed by atoms with Crippen molar-refractivity contribution in [1.29, 1.82) is 0 Å². The van der Waals surface area contributed by atoms with Crippen molar-refractivity contribution < 1.29 is 27.8 Å². The van der Waals surface area contributed by atoms with Crippen LogP contribution in [-0.4, -0.2) is 39.3 Å². The molecule has 4 aromatic rings. The van der Waals surface area contributed by atoms with Gasteiger partial charge < -0.3 is 19.9 Å². The molecule has 0 aliphatic carbocycles. The lowest BCUT2D eigenvalue weighted by Gasteiger charge is -2.31. The molecule has 0 fully saturated rings. The summed E-state index contributed by atoms with van der Waals surface area (Å²) in [5, 5.41) is 17.8. The number of aliphatic hydroxyl groups excluding tert-OH is 1. The fourth-order valence-electron chi connectivity index (χ4n) is 4.34. The summed E-state index contributed by atoms with van der Waals surface area (Å²) < 4.78 is 37.9. The molecule has 0 heterocycles. The normalized spacial score (nSPS) is 13.4. The van der Waals surface area contributed by atoms with Crippen molar-refractivity contribution in [3.05, 3.63) is 119 Å². The van der Waals surface area contributed by atoms with Crippen molar-refractivity contribution in [2.45, 2.75) is 25.2 Å². The van der Waals surface area contributed by atoms with Crippen LogP contribution in [0.25, 0.3) is 0 Å². The molecule has 2 atom stereocenters. The number of nitrogens with one attached hydrogen (secondary N) is 3. The number of ether oxygens (including phenoxy) is 2. The molecular weight excluding hydrogens is 590 g/mol. The Kier molecular flexibility index (Phi) is 10.3. The summed E-state index contributed by atoms with van der Waals surface area (Å²) in [5.41, 5.74) is 1.43.